The van der Waals surface area contributed by atoms with Gasteiger partial charge in [-0.05, 0) is 12.8 Å². The molecule has 0 aromatic heterocycles. The van der Waals surface area contributed by atoms with Gasteiger partial charge in [0.2, 0.25) is 0 Å². The van der Waals surface area contributed by atoms with E-state index in [1.807, 2.05) is 0 Å². The minimum Gasteiger partial charge on any atom is -0.388 e. The molecule has 0 spiro atoms. The fourth-order valence-electron chi connectivity index (χ4n) is 2.16. The first-order valence-corrected chi connectivity index (χ1v) is 9.80. The van der Waals surface area contributed by atoms with Crippen molar-refractivity contribution in [2.24, 2.45) is 0 Å². The number of aliphatic hydroxyl groups is 1. The van der Waals surface area contributed by atoms with Gasteiger partial charge in [0.15, 0.2) is 0 Å². The van der Waals surface area contributed by atoms with Gasteiger partial charge in [-0.25, -0.2) is 0 Å². The van der Waals surface area contributed by atoms with Crippen molar-refractivity contribution in [3.8, 4) is 0 Å². The van der Waals surface area contributed by atoms with Gasteiger partial charge in [-0.2, -0.15) is 0 Å². The summed E-state index contributed by atoms with van der Waals surface area (Å²) in [6, 6.07) is 0. The molecule has 5 heteroatoms. The van der Waals surface area contributed by atoms with Crippen LogP contribution in [-0.4, -0.2) is 64.1 Å². The zero-order chi connectivity index (χ0) is 17.7. The third kappa shape index (κ3) is 19.8. The molecule has 0 bridgehead atoms. The molecule has 0 saturated heterocycles. The molecule has 0 radical (unpaired) electrons. The van der Waals surface area contributed by atoms with Gasteiger partial charge in [0, 0.05) is 13.2 Å². The lowest BCUT2D eigenvalue weighted by Crippen LogP contribution is -2.24. The SMILES string of the molecule is CCCCCCCCOCCOCC(O)COCCOCCCC. The third-order valence-corrected chi connectivity index (χ3v) is 3.65. The van der Waals surface area contributed by atoms with Crippen molar-refractivity contribution in [2.45, 2.75) is 71.3 Å². The van der Waals surface area contributed by atoms with E-state index in [-0.39, 0.29) is 13.2 Å². The molecule has 5 nitrogen and oxygen atoms in total. The molecule has 0 aliphatic carbocycles. The third-order valence-electron chi connectivity index (χ3n) is 3.65. The van der Waals surface area contributed by atoms with Crippen LogP contribution in [0.2, 0.25) is 0 Å². The summed E-state index contributed by atoms with van der Waals surface area (Å²) < 4.78 is 21.6. The summed E-state index contributed by atoms with van der Waals surface area (Å²) in [6.45, 7) is 8.74. The van der Waals surface area contributed by atoms with Crippen molar-refractivity contribution in [3.63, 3.8) is 0 Å². The number of rotatable bonds is 20. The van der Waals surface area contributed by atoms with Gasteiger partial charge in [0.25, 0.3) is 0 Å². The normalized spacial score (nSPS) is 12.6. The monoisotopic (exact) mass is 348 g/mol. The van der Waals surface area contributed by atoms with Gasteiger partial charge in [0.1, 0.15) is 6.10 Å². The fourth-order valence-corrected chi connectivity index (χ4v) is 2.16. The first kappa shape index (κ1) is 23.8. The van der Waals surface area contributed by atoms with Gasteiger partial charge in [-0.3, -0.25) is 0 Å². The van der Waals surface area contributed by atoms with Crippen molar-refractivity contribution in [2.75, 3.05) is 52.9 Å². The number of hydrogen-bond acceptors (Lipinski definition) is 5. The van der Waals surface area contributed by atoms with Crippen LogP contribution in [0.4, 0.5) is 0 Å². The molecular weight excluding hydrogens is 308 g/mol. The first-order valence-electron chi connectivity index (χ1n) is 9.80. The lowest BCUT2D eigenvalue weighted by Gasteiger charge is -2.12. The van der Waals surface area contributed by atoms with Gasteiger partial charge in [-0.15, -0.1) is 0 Å². The summed E-state index contributed by atoms with van der Waals surface area (Å²) in [7, 11) is 0. The molecule has 0 rings (SSSR count). The largest absolute Gasteiger partial charge is 0.388 e. The van der Waals surface area contributed by atoms with Gasteiger partial charge in [-0.1, -0.05) is 52.4 Å². The average molecular weight is 349 g/mol. The van der Waals surface area contributed by atoms with E-state index in [4.69, 9.17) is 18.9 Å². The van der Waals surface area contributed by atoms with Gasteiger partial charge >= 0.3 is 0 Å². The maximum absolute atomic E-state index is 9.70. The molecular formula is C19H40O5. The van der Waals surface area contributed by atoms with Crippen LogP contribution in [0.1, 0.15) is 65.2 Å². The van der Waals surface area contributed by atoms with E-state index in [1.54, 1.807) is 0 Å². The number of ether oxygens (including phenoxy) is 4. The Labute approximate surface area is 149 Å². The highest BCUT2D eigenvalue weighted by molar-refractivity contribution is 4.51. The molecule has 0 aliphatic heterocycles. The van der Waals surface area contributed by atoms with Gasteiger partial charge < -0.3 is 24.1 Å². The Kier molecular flexibility index (Phi) is 20.7. The highest BCUT2D eigenvalue weighted by Crippen LogP contribution is 2.04. The summed E-state index contributed by atoms with van der Waals surface area (Å²) in [5.74, 6) is 0. The Morgan fingerprint density at radius 2 is 1.00 bits per heavy atom. The summed E-state index contributed by atoms with van der Waals surface area (Å²) in [5, 5.41) is 9.70. The molecule has 1 unspecified atom stereocenters. The molecule has 0 saturated carbocycles. The number of unbranched alkanes of at least 4 members (excludes halogenated alkanes) is 6. The van der Waals surface area contributed by atoms with E-state index in [0.29, 0.717) is 26.4 Å². The lowest BCUT2D eigenvalue weighted by molar-refractivity contribution is -0.0414. The summed E-state index contributed by atoms with van der Waals surface area (Å²) in [6.07, 6.45) is 9.29. The van der Waals surface area contributed by atoms with Crippen LogP contribution in [0.15, 0.2) is 0 Å². The average Bonchev–Trinajstić information content (AvgIpc) is 2.59. The van der Waals surface area contributed by atoms with Crippen LogP contribution in [0.3, 0.4) is 0 Å². The molecule has 1 N–H and O–H groups in total. The predicted molar refractivity (Wildman–Crippen MR) is 97.6 cm³/mol. The van der Waals surface area contributed by atoms with Gasteiger partial charge in [0.05, 0.1) is 39.6 Å². The molecule has 1 atom stereocenters. The van der Waals surface area contributed by atoms with Crippen LogP contribution in [0, 0.1) is 0 Å². The standard InChI is InChI=1S/C19H40O5/c1-3-5-7-8-9-10-12-22-14-16-24-18-19(20)17-23-15-13-21-11-6-4-2/h19-20H,3-18H2,1-2H3. The molecule has 0 aromatic rings. The Morgan fingerprint density at radius 3 is 1.58 bits per heavy atom. The Balaban J connectivity index is 3.11. The summed E-state index contributed by atoms with van der Waals surface area (Å²) in [4.78, 5) is 0. The Hall–Kier alpha value is -0.200. The highest BCUT2D eigenvalue weighted by Gasteiger charge is 2.04. The van der Waals surface area contributed by atoms with Crippen LogP contribution >= 0.6 is 0 Å². The van der Waals surface area contributed by atoms with Crippen molar-refractivity contribution in [1.29, 1.82) is 0 Å². The second kappa shape index (κ2) is 20.8. The lowest BCUT2D eigenvalue weighted by atomic mass is 10.1. The van der Waals surface area contributed by atoms with E-state index < -0.39 is 6.10 Å². The molecule has 0 amide bonds. The van der Waals surface area contributed by atoms with Crippen molar-refractivity contribution in [1.82, 2.24) is 0 Å². The first-order chi connectivity index (χ1) is 11.8. The number of hydrogen-bond donors (Lipinski definition) is 1. The van der Waals surface area contributed by atoms with Crippen LogP contribution in [-0.2, 0) is 18.9 Å². The van der Waals surface area contributed by atoms with Crippen molar-refractivity contribution < 1.29 is 24.1 Å². The molecule has 146 valence electrons. The Morgan fingerprint density at radius 1 is 0.542 bits per heavy atom. The van der Waals surface area contributed by atoms with Crippen molar-refractivity contribution >= 4 is 0 Å². The zero-order valence-corrected chi connectivity index (χ0v) is 16.0. The minimum absolute atomic E-state index is 0.287. The Bertz CT molecular complexity index is 226. The smallest absolute Gasteiger partial charge is 0.101 e. The highest BCUT2D eigenvalue weighted by atomic mass is 16.5. The van der Waals surface area contributed by atoms with E-state index in [1.165, 1.54) is 32.1 Å². The second-order valence-electron chi connectivity index (χ2n) is 6.15. The van der Waals surface area contributed by atoms with E-state index in [9.17, 15) is 5.11 Å². The molecule has 24 heavy (non-hydrogen) atoms. The second-order valence-corrected chi connectivity index (χ2v) is 6.15. The number of aliphatic hydroxyl groups excluding tert-OH is 1. The molecule has 0 fully saturated rings. The summed E-state index contributed by atoms with van der Waals surface area (Å²) in [5.41, 5.74) is 0. The molecule has 0 aliphatic rings. The van der Waals surface area contributed by atoms with Crippen LogP contribution in [0.5, 0.6) is 0 Å². The zero-order valence-electron chi connectivity index (χ0n) is 16.0. The van der Waals surface area contributed by atoms with E-state index >= 15 is 0 Å². The molecule has 0 aromatic carbocycles. The van der Waals surface area contributed by atoms with Crippen molar-refractivity contribution in [3.05, 3.63) is 0 Å². The maximum atomic E-state index is 9.70. The molecule has 0 heterocycles. The fraction of sp³-hybridized carbons (Fsp3) is 1.00. The van der Waals surface area contributed by atoms with Crippen LogP contribution in [0.25, 0.3) is 0 Å². The topological polar surface area (TPSA) is 57.2 Å². The maximum Gasteiger partial charge on any atom is 0.101 e. The van der Waals surface area contributed by atoms with Crippen LogP contribution < -0.4 is 0 Å². The summed E-state index contributed by atoms with van der Waals surface area (Å²) >= 11 is 0. The predicted octanol–water partition coefficient (Wildman–Crippen LogP) is 3.57. The quantitative estimate of drug-likeness (QED) is 0.341. The minimum atomic E-state index is -0.584. The van der Waals surface area contributed by atoms with E-state index in [0.717, 1.165) is 32.5 Å². The van der Waals surface area contributed by atoms with E-state index in [2.05, 4.69) is 13.8 Å².